The van der Waals surface area contributed by atoms with Crippen molar-refractivity contribution in [1.29, 1.82) is 0 Å². The summed E-state index contributed by atoms with van der Waals surface area (Å²) in [6, 6.07) is 12.6. The molecule has 0 aliphatic rings. The Labute approximate surface area is 134 Å². The highest BCUT2D eigenvalue weighted by Gasteiger charge is 2.11. The van der Waals surface area contributed by atoms with Gasteiger partial charge in [0.05, 0.1) is 11.6 Å². The molecule has 2 aromatic rings. The molecule has 0 aromatic heterocycles. The number of halogens is 2. The lowest BCUT2D eigenvalue weighted by molar-refractivity contribution is 0.0920. The van der Waals surface area contributed by atoms with E-state index in [2.05, 4.69) is 31.9 Å². The van der Waals surface area contributed by atoms with E-state index in [1.807, 2.05) is 18.2 Å². The molecule has 0 unspecified atom stereocenters. The second-order valence-corrected chi connectivity index (χ2v) is 5.70. The van der Waals surface area contributed by atoms with Crippen molar-refractivity contribution in [3.8, 4) is 11.5 Å². The van der Waals surface area contributed by atoms with E-state index in [0.717, 1.165) is 14.7 Å². The molecule has 3 nitrogen and oxygen atoms in total. The van der Waals surface area contributed by atoms with Crippen LogP contribution < -0.4 is 9.47 Å². The Morgan fingerprint density at radius 1 is 1.10 bits per heavy atom. The fraction of sp³-hybridized carbons (Fsp3) is 0.133. The van der Waals surface area contributed by atoms with Crippen LogP contribution in [0.2, 0.25) is 0 Å². The van der Waals surface area contributed by atoms with Gasteiger partial charge in [-0.15, -0.1) is 0 Å². The van der Waals surface area contributed by atoms with Crippen molar-refractivity contribution < 1.29 is 14.3 Å². The summed E-state index contributed by atoms with van der Waals surface area (Å²) in [6.07, 6.45) is 0. The first-order valence-electron chi connectivity index (χ1n) is 5.86. The average molecular weight is 400 g/mol. The Morgan fingerprint density at radius 2 is 1.85 bits per heavy atom. The second-order valence-electron chi connectivity index (χ2n) is 3.99. The van der Waals surface area contributed by atoms with Crippen molar-refractivity contribution in [2.75, 3.05) is 13.7 Å². The van der Waals surface area contributed by atoms with Gasteiger partial charge >= 0.3 is 0 Å². The van der Waals surface area contributed by atoms with Crippen molar-refractivity contribution >= 4 is 37.6 Å². The molecule has 0 saturated heterocycles. The first kappa shape index (κ1) is 15.1. The fourth-order valence-electron chi connectivity index (χ4n) is 1.63. The Balaban J connectivity index is 2.06. The molecular formula is C15H12Br2O3. The van der Waals surface area contributed by atoms with E-state index in [-0.39, 0.29) is 12.4 Å². The fourth-order valence-corrected chi connectivity index (χ4v) is 2.61. The summed E-state index contributed by atoms with van der Waals surface area (Å²) in [5, 5.41) is 0. The van der Waals surface area contributed by atoms with Crippen molar-refractivity contribution in [3.63, 3.8) is 0 Å². The number of benzene rings is 2. The molecular weight excluding hydrogens is 388 g/mol. The van der Waals surface area contributed by atoms with Gasteiger partial charge in [-0.05, 0) is 40.2 Å². The number of carbonyl (C=O) groups is 1. The molecule has 0 atom stereocenters. The van der Waals surface area contributed by atoms with Crippen molar-refractivity contribution in [2.24, 2.45) is 0 Å². The van der Waals surface area contributed by atoms with Gasteiger partial charge in [0.2, 0.25) is 5.78 Å². The third kappa shape index (κ3) is 3.61. The van der Waals surface area contributed by atoms with Crippen molar-refractivity contribution in [3.05, 3.63) is 57.0 Å². The van der Waals surface area contributed by atoms with Crippen LogP contribution >= 0.6 is 31.9 Å². The molecule has 0 saturated carbocycles. The first-order chi connectivity index (χ1) is 9.61. The number of rotatable bonds is 5. The highest BCUT2D eigenvalue weighted by atomic mass is 79.9. The summed E-state index contributed by atoms with van der Waals surface area (Å²) in [7, 11) is 1.60. The van der Waals surface area contributed by atoms with E-state index >= 15 is 0 Å². The molecule has 0 spiro atoms. The first-order valence-corrected chi connectivity index (χ1v) is 7.44. The standard InChI is InChI=1S/C15H12Br2O3/c1-19-10-6-7-15(13(17)8-10)20-9-14(18)11-4-2-3-5-12(11)16/h2-8H,9H2,1H3. The van der Waals surface area contributed by atoms with E-state index in [1.54, 1.807) is 31.4 Å². The van der Waals surface area contributed by atoms with Crippen molar-refractivity contribution in [2.45, 2.75) is 0 Å². The van der Waals surface area contributed by atoms with Crippen LogP contribution in [0.25, 0.3) is 0 Å². The van der Waals surface area contributed by atoms with Gasteiger partial charge in [0.15, 0.2) is 6.61 Å². The summed E-state index contributed by atoms with van der Waals surface area (Å²) in [4.78, 5) is 12.1. The van der Waals surface area contributed by atoms with E-state index in [4.69, 9.17) is 9.47 Å². The number of hydrogen-bond donors (Lipinski definition) is 0. The number of ketones is 1. The topological polar surface area (TPSA) is 35.5 Å². The zero-order chi connectivity index (χ0) is 14.5. The number of Topliss-reactive ketones (excluding diaryl/α,β-unsaturated/α-hetero) is 1. The van der Waals surface area contributed by atoms with Gasteiger partial charge < -0.3 is 9.47 Å². The van der Waals surface area contributed by atoms with Crippen molar-refractivity contribution in [1.82, 2.24) is 0 Å². The smallest absolute Gasteiger partial charge is 0.201 e. The van der Waals surface area contributed by atoms with Gasteiger partial charge in [-0.2, -0.15) is 0 Å². The lowest BCUT2D eigenvalue weighted by Crippen LogP contribution is -2.12. The zero-order valence-corrected chi connectivity index (χ0v) is 13.9. The van der Waals surface area contributed by atoms with E-state index in [0.29, 0.717) is 11.3 Å². The predicted octanol–water partition coefficient (Wildman–Crippen LogP) is 4.48. The van der Waals surface area contributed by atoms with E-state index in [1.165, 1.54) is 0 Å². The van der Waals surface area contributed by atoms with Crippen LogP contribution in [0.1, 0.15) is 10.4 Å². The summed E-state index contributed by atoms with van der Waals surface area (Å²) in [6.45, 7) is -0.0203. The van der Waals surface area contributed by atoms with Gasteiger partial charge in [-0.25, -0.2) is 0 Å². The van der Waals surface area contributed by atoms with Gasteiger partial charge in [-0.3, -0.25) is 4.79 Å². The van der Waals surface area contributed by atoms with Crippen LogP contribution in [-0.2, 0) is 0 Å². The quantitative estimate of drug-likeness (QED) is 0.695. The maximum Gasteiger partial charge on any atom is 0.201 e. The second kappa shape index (κ2) is 6.90. The molecule has 0 bridgehead atoms. The summed E-state index contributed by atoms with van der Waals surface area (Å²) in [5.74, 6) is 1.24. The lowest BCUT2D eigenvalue weighted by Gasteiger charge is -2.09. The van der Waals surface area contributed by atoms with Crippen LogP contribution in [0.15, 0.2) is 51.4 Å². The average Bonchev–Trinajstić information content (AvgIpc) is 2.46. The summed E-state index contributed by atoms with van der Waals surface area (Å²) < 4.78 is 12.1. The Morgan fingerprint density at radius 3 is 2.50 bits per heavy atom. The highest BCUT2D eigenvalue weighted by Crippen LogP contribution is 2.29. The summed E-state index contributed by atoms with van der Waals surface area (Å²) >= 11 is 6.74. The predicted molar refractivity (Wildman–Crippen MR) is 84.7 cm³/mol. The molecule has 5 heteroatoms. The van der Waals surface area contributed by atoms with E-state index in [9.17, 15) is 4.79 Å². The molecule has 0 amide bonds. The number of ether oxygens (including phenoxy) is 2. The lowest BCUT2D eigenvalue weighted by atomic mass is 10.1. The maximum absolute atomic E-state index is 12.1. The number of hydrogen-bond acceptors (Lipinski definition) is 3. The minimum absolute atomic E-state index is 0.0203. The van der Waals surface area contributed by atoms with Crippen LogP contribution in [0, 0.1) is 0 Å². The zero-order valence-electron chi connectivity index (χ0n) is 10.7. The Bertz CT molecular complexity index is 626. The molecule has 0 heterocycles. The monoisotopic (exact) mass is 398 g/mol. The minimum atomic E-state index is -0.0832. The van der Waals surface area contributed by atoms with Crippen LogP contribution in [0.3, 0.4) is 0 Å². The molecule has 2 rings (SSSR count). The van der Waals surface area contributed by atoms with Crippen LogP contribution in [0.5, 0.6) is 11.5 Å². The van der Waals surface area contributed by atoms with Crippen LogP contribution in [0.4, 0.5) is 0 Å². The molecule has 0 aliphatic carbocycles. The van der Waals surface area contributed by atoms with Gasteiger partial charge in [0.25, 0.3) is 0 Å². The highest BCUT2D eigenvalue weighted by molar-refractivity contribution is 9.10. The molecule has 104 valence electrons. The van der Waals surface area contributed by atoms with Gasteiger partial charge in [0.1, 0.15) is 11.5 Å². The molecule has 2 aromatic carbocycles. The molecule has 0 fully saturated rings. The van der Waals surface area contributed by atoms with Gasteiger partial charge in [0, 0.05) is 10.0 Å². The SMILES string of the molecule is COc1ccc(OCC(=O)c2ccccc2Br)c(Br)c1. The minimum Gasteiger partial charge on any atom is -0.497 e. The van der Waals surface area contributed by atoms with Gasteiger partial charge in [-0.1, -0.05) is 34.1 Å². The summed E-state index contributed by atoms with van der Waals surface area (Å²) in [5.41, 5.74) is 0.608. The Hall–Kier alpha value is -1.33. The Kier molecular flexibility index (Phi) is 5.20. The number of carbonyl (C=O) groups excluding carboxylic acids is 1. The maximum atomic E-state index is 12.1. The van der Waals surface area contributed by atoms with E-state index < -0.39 is 0 Å². The third-order valence-corrected chi connectivity index (χ3v) is 3.98. The molecule has 20 heavy (non-hydrogen) atoms. The third-order valence-electron chi connectivity index (χ3n) is 2.67. The molecule has 0 radical (unpaired) electrons. The normalized spacial score (nSPS) is 10.2. The molecule has 0 aliphatic heterocycles. The molecule has 0 N–H and O–H groups in total. The largest absolute Gasteiger partial charge is 0.497 e. The number of methoxy groups -OCH3 is 1. The van der Waals surface area contributed by atoms with Crippen LogP contribution in [-0.4, -0.2) is 19.5 Å².